The molecule has 0 aromatic carbocycles. The van der Waals surface area contributed by atoms with E-state index in [1.165, 1.54) is 0 Å². The molecule has 2 spiro atoms. The first-order valence-electron chi connectivity index (χ1n) is 6.49. The molecule has 0 bridgehead atoms. The molecule has 4 nitrogen and oxygen atoms in total. The summed E-state index contributed by atoms with van der Waals surface area (Å²) in [5.74, 6) is -0.384. The Kier molecular flexibility index (Phi) is 2.51. The molecule has 0 atom stereocenters. The van der Waals surface area contributed by atoms with Crippen LogP contribution in [-0.2, 0) is 9.47 Å². The van der Waals surface area contributed by atoms with Crippen LogP contribution in [0.5, 0.6) is 0 Å². The van der Waals surface area contributed by atoms with Crippen molar-refractivity contribution in [2.75, 3.05) is 13.2 Å². The first-order chi connectivity index (χ1) is 8.61. The Morgan fingerprint density at radius 3 is 2.39 bits per heavy atom. The molecule has 2 aliphatic carbocycles. The first kappa shape index (κ1) is 11.8. The number of rotatable bonds is 0. The Labute approximate surface area is 107 Å². The minimum atomic E-state index is -0.384. The molecule has 3 aliphatic rings. The molecular weight excluding hydrogens is 228 g/mol. The highest BCUT2D eigenvalue weighted by Crippen LogP contribution is 2.53. The Hall–Kier alpha value is -1.31. The van der Waals surface area contributed by atoms with Crippen molar-refractivity contribution >= 4 is 0 Å². The highest BCUT2D eigenvalue weighted by molar-refractivity contribution is 5.52. The van der Waals surface area contributed by atoms with Crippen LogP contribution < -0.4 is 5.73 Å². The van der Waals surface area contributed by atoms with Gasteiger partial charge in [0.25, 0.3) is 0 Å². The van der Waals surface area contributed by atoms with Crippen LogP contribution in [0.15, 0.2) is 22.9 Å². The van der Waals surface area contributed by atoms with E-state index in [2.05, 4.69) is 12.1 Å². The maximum atomic E-state index is 9.34. The molecule has 0 unspecified atom stereocenters. The lowest BCUT2D eigenvalue weighted by atomic mass is 9.69. The van der Waals surface area contributed by atoms with Crippen LogP contribution in [0.4, 0.5) is 0 Å². The number of allylic oxidation sites excluding steroid dienone is 3. The molecule has 0 aromatic heterocycles. The maximum Gasteiger partial charge on any atom is 0.168 e. The van der Waals surface area contributed by atoms with E-state index in [4.69, 9.17) is 15.2 Å². The molecular formula is C14H18N2O2. The van der Waals surface area contributed by atoms with Crippen LogP contribution in [0.1, 0.15) is 32.6 Å². The third-order valence-electron chi connectivity index (χ3n) is 4.51. The summed E-state index contributed by atoms with van der Waals surface area (Å²) in [4.78, 5) is 0. The summed E-state index contributed by atoms with van der Waals surface area (Å²) in [7, 11) is 0. The molecule has 3 rings (SSSR count). The molecule has 0 radical (unpaired) electrons. The van der Waals surface area contributed by atoms with Gasteiger partial charge in [0, 0.05) is 24.0 Å². The Balaban J connectivity index is 1.86. The second-order valence-electron chi connectivity index (χ2n) is 5.49. The molecule has 1 aliphatic heterocycles. The quantitative estimate of drug-likeness (QED) is 0.709. The number of nitriles is 1. The monoisotopic (exact) mass is 246 g/mol. The highest BCUT2D eigenvalue weighted by Gasteiger charge is 2.49. The standard InChI is InChI=1S/C14H18N2O2/c1-10-8-13(11(9-15)12(10)16)2-4-14(5-3-13)17-6-7-18-14/h8H,2-7,16H2,1H3. The summed E-state index contributed by atoms with van der Waals surface area (Å²) < 4.78 is 11.5. The molecule has 18 heavy (non-hydrogen) atoms. The molecule has 1 heterocycles. The minimum absolute atomic E-state index is 0.163. The van der Waals surface area contributed by atoms with Gasteiger partial charge in [-0.25, -0.2) is 0 Å². The van der Waals surface area contributed by atoms with Gasteiger partial charge in [-0.3, -0.25) is 0 Å². The molecule has 96 valence electrons. The molecule has 2 N–H and O–H groups in total. The van der Waals surface area contributed by atoms with E-state index in [-0.39, 0.29) is 11.2 Å². The summed E-state index contributed by atoms with van der Waals surface area (Å²) >= 11 is 0. The lowest BCUT2D eigenvalue weighted by molar-refractivity contribution is -0.185. The van der Waals surface area contributed by atoms with Crippen molar-refractivity contribution in [2.45, 2.75) is 38.4 Å². The Bertz CT molecular complexity index is 469. The van der Waals surface area contributed by atoms with E-state index in [0.717, 1.165) is 36.8 Å². The topological polar surface area (TPSA) is 68.3 Å². The third-order valence-corrected chi connectivity index (χ3v) is 4.51. The van der Waals surface area contributed by atoms with Gasteiger partial charge >= 0.3 is 0 Å². The van der Waals surface area contributed by atoms with Crippen LogP contribution in [0, 0.1) is 16.7 Å². The van der Waals surface area contributed by atoms with Gasteiger partial charge in [-0.1, -0.05) is 6.08 Å². The van der Waals surface area contributed by atoms with Gasteiger partial charge in [-0.15, -0.1) is 0 Å². The van der Waals surface area contributed by atoms with Crippen molar-refractivity contribution in [2.24, 2.45) is 11.1 Å². The molecule has 0 amide bonds. The van der Waals surface area contributed by atoms with Gasteiger partial charge in [0.05, 0.1) is 24.9 Å². The van der Waals surface area contributed by atoms with Gasteiger partial charge in [-0.2, -0.15) is 5.26 Å². The normalized spacial score (nSPS) is 28.8. The molecule has 4 heteroatoms. The lowest BCUT2D eigenvalue weighted by Gasteiger charge is -2.40. The molecule has 1 saturated carbocycles. The van der Waals surface area contributed by atoms with Gasteiger partial charge in [-0.05, 0) is 25.3 Å². The van der Waals surface area contributed by atoms with E-state index in [1.54, 1.807) is 0 Å². The fourth-order valence-electron chi connectivity index (χ4n) is 3.46. The summed E-state index contributed by atoms with van der Waals surface area (Å²) in [5, 5.41) is 9.34. The molecule has 1 saturated heterocycles. The lowest BCUT2D eigenvalue weighted by Crippen LogP contribution is -2.39. The van der Waals surface area contributed by atoms with Crippen LogP contribution >= 0.6 is 0 Å². The van der Waals surface area contributed by atoms with E-state index < -0.39 is 0 Å². The molecule has 2 fully saturated rings. The maximum absolute atomic E-state index is 9.34. The predicted molar refractivity (Wildman–Crippen MR) is 66.1 cm³/mol. The van der Waals surface area contributed by atoms with Crippen LogP contribution in [-0.4, -0.2) is 19.0 Å². The Morgan fingerprint density at radius 1 is 1.22 bits per heavy atom. The molecule has 0 aromatic rings. The SMILES string of the molecule is CC1=CC2(CCC3(CC2)OCCO3)C(C#N)=C1N. The van der Waals surface area contributed by atoms with Crippen LogP contribution in [0.25, 0.3) is 0 Å². The number of hydrogen-bond acceptors (Lipinski definition) is 4. The van der Waals surface area contributed by atoms with Crippen molar-refractivity contribution in [3.8, 4) is 6.07 Å². The van der Waals surface area contributed by atoms with Crippen molar-refractivity contribution in [1.82, 2.24) is 0 Å². The zero-order valence-electron chi connectivity index (χ0n) is 10.7. The van der Waals surface area contributed by atoms with E-state index in [9.17, 15) is 5.26 Å². The summed E-state index contributed by atoms with van der Waals surface area (Å²) in [6.07, 6.45) is 5.62. The third kappa shape index (κ3) is 1.51. The summed E-state index contributed by atoms with van der Waals surface area (Å²) in [6.45, 7) is 3.35. The second kappa shape index (κ2) is 3.84. The van der Waals surface area contributed by atoms with E-state index in [1.807, 2.05) is 6.92 Å². The van der Waals surface area contributed by atoms with Crippen LogP contribution in [0.2, 0.25) is 0 Å². The average Bonchev–Trinajstić information content (AvgIpc) is 2.90. The zero-order valence-corrected chi connectivity index (χ0v) is 10.7. The predicted octanol–water partition coefficient (Wildman–Crippen LogP) is 1.99. The fraction of sp³-hybridized carbons (Fsp3) is 0.643. The first-order valence-corrected chi connectivity index (χ1v) is 6.49. The van der Waals surface area contributed by atoms with Crippen molar-refractivity contribution in [3.63, 3.8) is 0 Å². The van der Waals surface area contributed by atoms with Gasteiger partial charge in [0.1, 0.15) is 0 Å². The zero-order chi connectivity index (χ0) is 12.8. The number of ether oxygens (including phenoxy) is 2. The second-order valence-corrected chi connectivity index (χ2v) is 5.49. The number of nitrogens with two attached hydrogens (primary N) is 1. The highest BCUT2D eigenvalue weighted by atomic mass is 16.7. The Morgan fingerprint density at radius 2 is 1.83 bits per heavy atom. The fourth-order valence-corrected chi connectivity index (χ4v) is 3.46. The largest absolute Gasteiger partial charge is 0.398 e. The van der Waals surface area contributed by atoms with Crippen LogP contribution in [0.3, 0.4) is 0 Å². The van der Waals surface area contributed by atoms with E-state index in [0.29, 0.717) is 18.9 Å². The average molecular weight is 246 g/mol. The van der Waals surface area contributed by atoms with Gasteiger partial charge < -0.3 is 15.2 Å². The van der Waals surface area contributed by atoms with Gasteiger partial charge in [0.15, 0.2) is 5.79 Å². The number of nitrogens with zero attached hydrogens (tertiary/aromatic N) is 1. The summed E-state index contributed by atoms with van der Waals surface area (Å²) in [5.41, 5.74) is 8.30. The van der Waals surface area contributed by atoms with Crippen molar-refractivity contribution in [1.29, 1.82) is 5.26 Å². The van der Waals surface area contributed by atoms with E-state index >= 15 is 0 Å². The smallest absolute Gasteiger partial charge is 0.168 e. The van der Waals surface area contributed by atoms with Crippen molar-refractivity contribution in [3.05, 3.63) is 22.9 Å². The van der Waals surface area contributed by atoms with Gasteiger partial charge in [0.2, 0.25) is 0 Å². The number of hydrogen-bond donors (Lipinski definition) is 1. The van der Waals surface area contributed by atoms with Crippen molar-refractivity contribution < 1.29 is 9.47 Å². The summed E-state index contributed by atoms with van der Waals surface area (Å²) in [6, 6.07) is 2.30. The minimum Gasteiger partial charge on any atom is -0.398 e.